The predicted octanol–water partition coefficient (Wildman–Crippen LogP) is 3.54. The molecule has 0 atom stereocenters. The molecule has 0 aliphatic carbocycles. The maximum absolute atomic E-state index is 5.53. The molecule has 0 amide bonds. The summed E-state index contributed by atoms with van der Waals surface area (Å²) >= 11 is 0. The molecule has 0 spiro atoms. The van der Waals surface area contributed by atoms with E-state index in [0.29, 0.717) is 13.2 Å². The fourth-order valence-electron chi connectivity index (χ4n) is 1.26. The molecule has 90 valence electrons. The Morgan fingerprint density at radius 1 is 0.750 bits per heavy atom. The zero-order valence-corrected chi connectivity index (χ0v) is 10.7. The molecular weight excluding hydrogens is 200 g/mol. The molecular formula is C14H22O2. The maximum Gasteiger partial charge on any atom is 0.0720 e. The third-order valence-electron chi connectivity index (χ3n) is 2.19. The SMILES string of the molecule is CC(C)OCc1ccc(COC(C)C)cc1. The standard InChI is InChI=1S/C14H22O2/c1-11(2)15-9-13-5-7-14(8-6-13)10-16-12(3)4/h5-8,11-12H,9-10H2,1-4H3. The van der Waals surface area contributed by atoms with Crippen LogP contribution in [0, 0.1) is 0 Å². The van der Waals surface area contributed by atoms with Gasteiger partial charge in [-0.2, -0.15) is 0 Å². The third kappa shape index (κ3) is 5.29. The Labute approximate surface area is 98.6 Å². The summed E-state index contributed by atoms with van der Waals surface area (Å²) in [5.41, 5.74) is 2.42. The van der Waals surface area contributed by atoms with Crippen molar-refractivity contribution in [1.82, 2.24) is 0 Å². The van der Waals surface area contributed by atoms with Crippen LogP contribution < -0.4 is 0 Å². The highest BCUT2D eigenvalue weighted by molar-refractivity contribution is 5.21. The van der Waals surface area contributed by atoms with Gasteiger partial charge in [0.25, 0.3) is 0 Å². The fraction of sp³-hybridized carbons (Fsp3) is 0.571. The highest BCUT2D eigenvalue weighted by Gasteiger charge is 1.99. The Morgan fingerprint density at radius 2 is 1.06 bits per heavy atom. The minimum atomic E-state index is 0.281. The summed E-state index contributed by atoms with van der Waals surface area (Å²) in [7, 11) is 0. The van der Waals surface area contributed by atoms with Gasteiger partial charge >= 0.3 is 0 Å². The smallest absolute Gasteiger partial charge is 0.0720 e. The maximum atomic E-state index is 5.53. The lowest BCUT2D eigenvalue weighted by atomic mass is 10.1. The molecule has 0 saturated carbocycles. The summed E-state index contributed by atoms with van der Waals surface area (Å²) in [6, 6.07) is 8.39. The van der Waals surface area contributed by atoms with E-state index in [-0.39, 0.29) is 12.2 Å². The van der Waals surface area contributed by atoms with Crippen LogP contribution in [0.5, 0.6) is 0 Å². The molecule has 16 heavy (non-hydrogen) atoms. The van der Waals surface area contributed by atoms with E-state index < -0.39 is 0 Å². The van der Waals surface area contributed by atoms with Gasteiger partial charge in [-0.05, 0) is 38.8 Å². The highest BCUT2D eigenvalue weighted by atomic mass is 16.5. The van der Waals surface area contributed by atoms with Crippen LogP contribution >= 0.6 is 0 Å². The summed E-state index contributed by atoms with van der Waals surface area (Å²) in [6.07, 6.45) is 0.563. The Morgan fingerprint density at radius 3 is 1.31 bits per heavy atom. The van der Waals surface area contributed by atoms with E-state index >= 15 is 0 Å². The molecule has 0 N–H and O–H groups in total. The first-order valence-corrected chi connectivity index (χ1v) is 5.89. The van der Waals surface area contributed by atoms with Crippen molar-refractivity contribution >= 4 is 0 Å². The lowest BCUT2D eigenvalue weighted by molar-refractivity contribution is 0.0639. The Balaban J connectivity index is 2.41. The molecule has 1 aromatic rings. The first-order valence-electron chi connectivity index (χ1n) is 5.89. The lowest BCUT2D eigenvalue weighted by Crippen LogP contribution is -2.03. The number of rotatable bonds is 6. The molecule has 0 saturated heterocycles. The van der Waals surface area contributed by atoms with Gasteiger partial charge in [0.15, 0.2) is 0 Å². The molecule has 0 aliphatic rings. The second-order valence-electron chi connectivity index (χ2n) is 4.54. The number of hydrogen-bond acceptors (Lipinski definition) is 2. The van der Waals surface area contributed by atoms with E-state index in [1.165, 1.54) is 11.1 Å². The number of ether oxygens (including phenoxy) is 2. The zero-order chi connectivity index (χ0) is 12.0. The van der Waals surface area contributed by atoms with E-state index in [4.69, 9.17) is 9.47 Å². The van der Waals surface area contributed by atoms with Gasteiger partial charge < -0.3 is 9.47 Å². The quantitative estimate of drug-likeness (QED) is 0.733. The highest BCUT2D eigenvalue weighted by Crippen LogP contribution is 2.08. The van der Waals surface area contributed by atoms with Crippen molar-refractivity contribution in [2.75, 3.05) is 0 Å². The van der Waals surface area contributed by atoms with Crippen molar-refractivity contribution in [3.63, 3.8) is 0 Å². The molecule has 0 fully saturated rings. The second-order valence-corrected chi connectivity index (χ2v) is 4.54. The normalized spacial score (nSPS) is 11.4. The monoisotopic (exact) mass is 222 g/mol. The molecule has 0 bridgehead atoms. The largest absolute Gasteiger partial charge is 0.374 e. The predicted molar refractivity (Wildman–Crippen MR) is 66.3 cm³/mol. The molecule has 1 aromatic carbocycles. The van der Waals surface area contributed by atoms with Gasteiger partial charge in [0.1, 0.15) is 0 Å². The van der Waals surface area contributed by atoms with E-state index in [1.54, 1.807) is 0 Å². The molecule has 0 unspecified atom stereocenters. The van der Waals surface area contributed by atoms with Crippen molar-refractivity contribution in [3.8, 4) is 0 Å². The summed E-state index contributed by atoms with van der Waals surface area (Å²) in [5.74, 6) is 0. The van der Waals surface area contributed by atoms with E-state index in [0.717, 1.165) is 0 Å². The van der Waals surface area contributed by atoms with E-state index in [1.807, 2.05) is 27.7 Å². The van der Waals surface area contributed by atoms with Gasteiger partial charge in [-0.3, -0.25) is 0 Å². The summed E-state index contributed by atoms with van der Waals surface area (Å²) in [6.45, 7) is 9.55. The van der Waals surface area contributed by atoms with Crippen LogP contribution in [-0.4, -0.2) is 12.2 Å². The van der Waals surface area contributed by atoms with Gasteiger partial charge in [0, 0.05) is 0 Å². The average molecular weight is 222 g/mol. The number of benzene rings is 1. The van der Waals surface area contributed by atoms with Gasteiger partial charge in [-0.15, -0.1) is 0 Å². The number of hydrogen-bond donors (Lipinski definition) is 0. The van der Waals surface area contributed by atoms with Crippen LogP contribution in [0.1, 0.15) is 38.8 Å². The van der Waals surface area contributed by atoms with Crippen molar-refractivity contribution < 1.29 is 9.47 Å². The molecule has 0 heterocycles. The molecule has 0 aliphatic heterocycles. The van der Waals surface area contributed by atoms with Crippen LogP contribution in [0.3, 0.4) is 0 Å². The first-order chi connectivity index (χ1) is 7.58. The van der Waals surface area contributed by atoms with Crippen molar-refractivity contribution in [1.29, 1.82) is 0 Å². The van der Waals surface area contributed by atoms with Crippen LogP contribution in [-0.2, 0) is 22.7 Å². The first kappa shape index (κ1) is 13.2. The fourth-order valence-corrected chi connectivity index (χ4v) is 1.26. The Hall–Kier alpha value is -0.860. The minimum absolute atomic E-state index is 0.281. The zero-order valence-electron chi connectivity index (χ0n) is 10.7. The van der Waals surface area contributed by atoms with E-state index in [2.05, 4.69) is 24.3 Å². The minimum Gasteiger partial charge on any atom is -0.374 e. The van der Waals surface area contributed by atoms with Crippen LogP contribution in [0.25, 0.3) is 0 Å². The second kappa shape index (κ2) is 6.66. The van der Waals surface area contributed by atoms with Gasteiger partial charge in [0.05, 0.1) is 25.4 Å². The van der Waals surface area contributed by atoms with Crippen molar-refractivity contribution in [2.45, 2.75) is 53.1 Å². The summed E-state index contributed by atoms with van der Waals surface area (Å²) in [4.78, 5) is 0. The van der Waals surface area contributed by atoms with Crippen LogP contribution in [0.4, 0.5) is 0 Å². The molecule has 0 aromatic heterocycles. The Kier molecular flexibility index (Phi) is 5.50. The molecule has 1 rings (SSSR count). The summed E-state index contributed by atoms with van der Waals surface area (Å²) < 4.78 is 11.1. The van der Waals surface area contributed by atoms with Crippen molar-refractivity contribution in [2.24, 2.45) is 0 Å². The van der Waals surface area contributed by atoms with Crippen LogP contribution in [0.2, 0.25) is 0 Å². The summed E-state index contributed by atoms with van der Waals surface area (Å²) in [5, 5.41) is 0. The van der Waals surface area contributed by atoms with Gasteiger partial charge in [0.2, 0.25) is 0 Å². The average Bonchev–Trinajstić information content (AvgIpc) is 2.25. The molecule has 2 heteroatoms. The topological polar surface area (TPSA) is 18.5 Å². The Bertz CT molecular complexity index is 257. The molecule has 2 nitrogen and oxygen atoms in total. The van der Waals surface area contributed by atoms with Crippen molar-refractivity contribution in [3.05, 3.63) is 35.4 Å². The van der Waals surface area contributed by atoms with Gasteiger partial charge in [-0.1, -0.05) is 24.3 Å². The van der Waals surface area contributed by atoms with Crippen LogP contribution in [0.15, 0.2) is 24.3 Å². The van der Waals surface area contributed by atoms with Gasteiger partial charge in [-0.25, -0.2) is 0 Å². The lowest BCUT2D eigenvalue weighted by Gasteiger charge is -2.09. The van der Waals surface area contributed by atoms with E-state index in [9.17, 15) is 0 Å². The third-order valence-corrected chi connectivity index (χ3v) is 2.19. The molecule has 0 radical (unpaired) electrons.